The molecule has 1 N–H and O–H groups in total. The zero-order valence-corrected chi connectivity index (χ0v) is 14.3. The Morgan fingerprint density at radius 2 is 1.84 bits per heavy atom. The third-order valence-electron chi connectivity index (χ3n) is 4.51. The molecule has 0 aliphatic rings. The van der Waals surface area contributed by atoms with Crippen LogP contribution in [0.4, 0.5) is 5.69 Å². The van der Waals surface area contributed by atoms with Crippen molar-refractivity contribution in [2.24, 2.45) is 0 Å². The first-order chi connectivity index (χ1) is 12.1. The van der Waals surface area contributed by atoms with E-state index in [1.54, 1.807) is 6.26 Å². The Hall–Kier alpha value is -3.07. The van der Waals surface area contributed by atoms with E-state index in [2.05, 4.69) is 18.3 Å². The number of carbonyl (C=O) groups is 1. The van der Waals surface area contributed by atoms with Crippen LogP contribution in [-0.4, -0.2) is 5.91 Å². The minimum absolute atomic E-state index is 0.0426. The summed E-state index contributed by atoms with van der Waals surface area (Å²) in [6.07, 6.45) is 1.99. The summed E-state index contributed by atoms with van der Waals surface area (Å²) in [6.45, 7) is 4.10. The molecule has 0 unspecified atom stereocenters. The van der Waals surface area contributed by atoms with Crippen molar-refractivity contribution in [2.45, 2.75) is 20.3 Å². The first kappa shape index (κ1) is 15.5. The van der Waals surface area contributed by atoms with Crippen LogP contribution in [0.25, 0.3) is 21.7 Å². The van der Waals surface area contributed by atoms with Gasteiger partial charge in [0.2, 0.25) is 5.91 Å². The average Bonchev–Trinajstić information content (AvgIpc) is 2.98. The van der Waals surface area contributed by atoms with Crippen molar-refractivity contribution in [1.82, 2.24) is 0 Å². The highest BCUT2D eigenvalue weighted by Gasteiger charge is 2.13. The Morgan fingerprint density at radius 1 is 1.04 bits per heavy atom. The van der Waals surface area contributed by atoms with Crippen LogP contribution in [0.2, 0.25) is 0 Å². The quantitative estimate of drug-likeness (QED) is 0.548. The Morgan fingerprint density at radius 3 is 2.72 bits per heavy atom. The fourth-order valence-corrected chi connectivity index (χ4v) is 3.46. The van der Waals surface area contributed by atoms with Gasteiger partial charge in [-0.25, -0.2) is 0 Å². The molecule has 0 aliphatic heterocycles. The largest absolute Gasteiger partial charge is 0.464 e. The fourth-order valence-electron chi connectivity index (χ4n) is 3.46. The molecular formula is C22H19NO2. The number of fused-ring (bicyclic) bond motifs is 2. The highest BCUT2D eigenvalue weighted by molar-refractivity contribution is 6.03. The Kier molecular flexibility index (Phi) is 3.77. The van der Waals surface area contributed by atoms with E-state index in [1.165, 1.54) is 0 Å². The molecule has 3 nitrogen and oxygen atoms in total. The molecule has 0 saturated heterocycles. The summed E-state index contributed by atoms with van der Waals surface area (Å²) < 4.78 is 5.65. The van der Waals surface area contributed by atoms with Crippen molar-refractivity contribution < 1.29 is 9.21 Å². The summed E-state index contributed by atoms with van der Waals surface area (Å²) in [6, 6.07) is 18.1. The standard InChI is InChI=1S/C22H19NO2/c1-14-10-15(2)22-17(13-25-20(22)11-14)12-21(24)23-19-9-5-7-16-6-3-4-8-18(16)19/h3-11,13H,12H2,1-2H3,(H,23,24). The molecule has 1 amide bonds. The first-order valence-corrected chi connectivity index (χ1v) is 8.37. The number of hydrogen-bond acceptors (Lipinski definition) is 2. The van der Waals surface area contributed by atoms with E-state index in [4.69, 9.17) is 4.42 Å². The van der Waals surface area contributed by atoms with Gasteiger partial charge in [0, 0.05) is 22.0 Å². The Labute approximate surface area is 146 Å². The van der Waals surface area contributed by atoms with Crippen molar-refractivity contribution in [1.29, 1.82) is 0 Å². The van der Waals surface area contributed by atoms with Crippen LogP contribution in [0.1, 0.15) is 16.7 Å². The molecule has 25 heavy (non-hydrogen) atoms. The Balaban J connectivity index is 1.62. The summed E-state index contributed by atoms with van der Waals surface area (Å²) in [5, 5.41) is 6.23. The number of benzene rings is 3. The topological polar surface area (TPSA) is 42.2 Å². The maximum atomic E-state index is 12.6. The zero-order valence-electron chi connectivity index (χ0n) is 14.3. The molecule has 3 aromatic carbocycles. The van der Waals surface area contributed by atoms with Gasteiger partial charge in [0.25, 0.3) is 0 Å². The van der Waals surface area contributed by atoms with E-state index < -0.39 is 0 Å². The zero-order chi connectivity index (χ0) is 17.4. The van der Waals surface area contributed by atoms with E-state index in [0.717, 1.165) is 44.1 Å². The van der Waals surface area contributed by atoms with Gasteiger partial charge >= 0.3 is 0 Å². The second kappa shape index (κ2) is 6.10. The van der Waals surface area contributed by atoms with Crippen molar-refractivity contribution in [2.75, 3.05) is 5.32 Å². The van der Waals surface area contributed by atoms with Crippen molar-refractivity contribution in [3.63, 3.8) is 0 Å². The van der Waals surface area contributed by atoms with Gasteiger partial charge < -0.3 is 9.73 Å². The van der Waals surface area contributed by atoms with Gasteiger partial charge in [0.15, 0.2) is 0 Å². The summed E-state index contributed by atoms with van der Waals surface area (Å²) in [5.41, 5.74) is 4.89. The summed E-state index contributed by atoms with van der Waals surface area (Å²) in [5.74, 6) is -0.0426. The lowest BCUT2D eigenvalue weighted by molar-refractivity contribution is -0.115. The summed E-state index contributed by atoms with van der Waals surface area (Å²) in [7, 11) is 0. The molecule has 0 radical (unpaired) electrons. The molecule has 0 bridgehead atoms. The third kappa shape index (κ3) is 2.89. The van der Waals surface area contributed by atoms with Gasteiger partial charge in [-0.05, 0) is 42.5 Å². The highest BCUT2D eigenvalue weighted by Crippen LogP contribution is 2.27. The maximum Gasteiger partial charge on any atom is 0.228 e. The lowest BCUT2D eigenvalue weighted by atomic mass is 10.0. The number of nitrogens with one attached hydrogen (secondary N) is 1. The van der Waals surface area contributed by atoms with Crippen LogP contribution in [0.3, 0.4) is 0 Å². The van der Waals surface area contributed by atoms with E-state index in [1.807, 2.05) is 55.5 Å². The van der Waals surface area contributed by atoms with Gasteiger partial charge in [-0.3, -0.25) is 4.79 Å². The molecule has 0 fully saturated rings. The van der Waals surface area contributed by atoms with Gasteiger partial charge in [-0.15, -0.1) is 0 Å². The van der Waals surface area contributed by atoms with Crippen LogP contribution in [-0.2, 0) is 11.2 Å². The van der Waals surface area contributed by atoms with Crippen LogP contribution >= 0.6 is 0 Å². The molecular weight excluding hydrogens is 310 g/mol. The van der Waals surface area contributed by atoms with Crippen molar-refractivity contribution in [3.05, 3.63) is 77.6 Å². The smallest absolute Gasteiger partial charge is 0.228 e. The molecule has 0 saturated carbocycles. The SMILES string of the molecule is Cc1cc(C)c2c(CC(=O)Nc3cccc4ccccc34)coc2c1. The van der Waals surface area contributed by atoms with E-state index in [0.29, 0.717) is 6.42 Å². The van der Waals surface area contributed by atoms with Crippen LogP contribution in [0.5, 0.6) is 0 Å². The molecule has 1 aromatic heterocycles. The van der Waals surface area contributed by atoms with E-state index >= 15 is 0 Å². The second-order valence-corrected chi connectivity index (χ2v) is 6.47. The third-order valence-corrected chi connectivity index (χ3v) is 4.51. The van der Waals surface area contributed by atoms with Gasteiger partial charge in [-0.1, -0.05) is 42.5 Å². The number of furan rings is 1. The minimum atomic E-state index is -0.0426. The molecule has 0 spiro atoms. The van der Waals surface area contributed by atoms with E-state index in [-0.39, 0.29) is 5.91 Å². The van der Waals surface area contributed by atoms with Gasteiger partial charge in [0.05, 0.1) is 12.7 Å². The van der Waals surface area contributed by atoms with Crippen molar-refractivity contribution >= 4 is 33.3 Å². The number of amides is 1. The van der Waals surface area contributed by atoms with Crippen LogP contribution < -0.4 is 5.32 Å². The van der Waals surface area contributed by atoms with Gasteiger partial charge in [0.1, 0.15) is 5.58 Å². The van der Waals surface area contributed by atoms with Crippen LogP contribution in [0.15, 0.2) is 65.3 Å². The number of aryl methyl sites for hydroxylation is 2. The lowest BCUT2D eigenvalue weighted by Gasteiger charge is -2.08. The Bertz CT molecular complexity index is 1090. The minimum Gasteiger partial charge on any atom is -0.464 e. The summed E-state index contributed by atoms with van der Waals surface area (Å²) >= 11 is 0. The molecule has 4 rings (SSSR count). The number of anilines is 1. The molecule has 0 aliphatic carbocycles. The van der Waals surface area contributed by atoms with Crippen LogP contribution in [0, 0.1) is 13.8 Å². The monoisotopic (exact) mass is 329 g/mol. The predicted molar refractivity (Wildman–Crippen MR) is 102 cm³/mol. The molecule has 4 aromatic rings. The number of hydrogen-bond donors (Lipinski definition) is 1. The molecule has 124 valence electrons. The first-order valence-electron chi connectivity index (χ1n) is 8.37. The van der Waals surface area contributed by atoms with Gasteiger partial charge in [-0.2, -0.15) is 0 Å². The molecule has 1 heterocycles. The predicted octanol–water partition coefficient (Wildman–Crippen LogP) is 5.38. The highest BCUT2D eigenvalue weighted by atomic mass is 16.3. The van der Waals surface area contributed by atoms with Crippen molar-refractivity contribution in [3.8, 4) is 0 Å². The van der Waals surface area contributed by atoms with E-state index in [9.17, 15) is 4.79 Å². The number of rotatable bonds is 3. The summed E-state index contributed by atoms with van der Waals surface area (Å²) in [4.78, 5) is 12.6. The molecule has 0 atom stereocenters. The normalized spacial score (nSPS) is 11.1. The molecule has 3 heteroatoms. The lowest BCUT2D eigenvalue weighted by Crippen LogP contribution is -2.14. The second-order valence-electron chi connectivity index (χ2n) is 6.47. The average molecular weight is 329 g/mol. The maximum absolute atomic E-state index is 12.6. The number of carbonyl (C=O) groups excluding carboxylic acids is 1. The fraction of sp³-hybridized carbons (Fsp3) is 0.136.